The number of alkyl halides is 2. The summed E-state index contributed by atoms with van der Waals surface area (Å²) in [6.45, 7) is -1.08. The number of benzene rings is 2. The molecular formula is C19H20F3N3O3S. The van der Waals surface area contributed by atoms with E-state index < -0.39 is 22.5 Å². The summed E-state index contributed by atoms with van der Waals surface area (Å²) in [4.78, 5) is 2.16. The second-order valence-electron chi connectivity index (χ2n) is 7.14. The van der Waals surface area contributed by atoms with Crippen molar-refractivity contribution in [2.24, 2.45) is 0 Å². The van der Waals surface area contributed by atoms with Crippen LogP contribution in [0.25, 0.3) is 11.1 Å². The Balaban J connectivity index is 1.61. The van der Waals surface area contributed by atoms with Crippen molar-refractivity contribution in [2.45, 2.75) is 12.7 Å². The molecule has 0 radical (unpaired) electrons. The lowest BCUT2D eigenvalue weighted by Crippen LogP contribution is -2.58. The molecule has 1 N–H and O–H groups in total. The van der Waals surface area contributed by atoms with Crippen LogP contribution in [0.1, 0.15) is 0 Å². The van der Waals surface area contributed by atoms with Crippen molar-refractivity contribution in [3.05, 3.63) is 42.2 Å². The SMILES string of the molecule is CS(=O)(=O)N1CCN2c3ccc(-c4cc(F)cc(OC(F)F)c4)cc3NCC2C1. The molecule has 1 atom stereocenters. The molecule has 0 saturated carbocycles. The van der Waals surface area contributed by atoms with Crippen LogP contribution in [0, 0.1) is 5.82 Å². The molecule has 1 fully saturated rings. The van der Waals surface area contributed by atoms with E-state index in [1.54, 1.807) is 6.07 Å². The number of nitrogens with one attached hydrogen (secondary N) is 1. The summed E-state index contributed by atoms with van der Waals surface area (Å²) < 4.78 is 68.3. The average molecular weight is 427 g/mol. The Morgan fingerprint density at radius 2 is 1.93 bits per heavy atom. The monoisotopic (exact) mass is 427 g/mol. The van der Waals surface area contributed by atoms with Crippen molar-refractivity contribution in [1.29, 1.82) is 0 Å². The van der Waals surface area contributed by atoms with Crippen molar-refractivity contribution in [1.82, 2.24) is 4.31 Å². The molecule has 4 rings (SSSR count). The standard InChI is InChI=1S/C19H20F3N3O3S/c1-29(26,27)24-4-5-25-15(11-24)10-23-17-8-12(2-3-18(17)25)13-6-14(20)9-16(7-13)28-19(21)22/h2-3,6-9,15,19,23H,4-5,10-11H2,1H3. The van der Waals surface area contributed by atoms with Crippen LogP contribution in [-0.2, 0) is 10.0 Å². The third-order valence-corrected chi connectivity index (χ3v) is 6.45. The first-order valence-electron chi connectivity index (χ1n) is 9.06. The largest absolute Gasteiger partial charge is 0.435 e. The lowest BCUT2D eigenvalue weighted by Gasteiger charge is -2.45. The van der Waals surface area contributed by atoms with Crippen molar-refractivity contribution in [2.75, 3.05) is 42.7 Å². The molecule has 1 unspecified atom stereocenters. The number of hydrogen-bond donors (Lipinski definition) is 1. The zero-order chi connectivity index (χ0) is 20.8. The number of rotatable bonds is 4. The Morgan fingerprint density at radius 1 is 1.14 bits per heavy atom. The number of hydrogen-bond acceptors (Lipinski definition) is 5. The minimum atomic E-state index is -3.24. The second-order valence-corrected chi connectivity index (χ2v) is 9.12. The summed E-state index contributed by atoms with van der Waals surface area (Å²) >= 11 is 0. The number of ether oxygens (including phenoxy) is 1. The molecule has 2 aliphatic heterocycles. The number of nitrogens with zero attached hydrogens (tertiary/aromatic N) is 2. The van der Waals surface area contributed by atoms with Crippen LogP contribution in [0.2, 0.25) is 0 Å². The molecule has 2 heterocycles. The highest BCUT2D eigenvalue weighted by atomic mass is 32.2. The van der Waals surface area contributed by atoms with Gasteiger partial charge in [-0.3, -0.25) is 0 Å². The Kier molecular flexibility index (Phi) is 5.07. The van der Waals surface area contributed by atoms with Gasteiger partial charge in [0.25, 0.3) is 0 Å². The van der Waals surface area contributed by atoms with Crippen LogP contribution in [0.3, 0.4) is 0 Å². The maximum Gasteiger partial charge on any atom is 0.387 e. The highest BCUT2D eigenvalue weighted by Crippen LogP contribution is 2.37. The Morgan fingerprint density at radius 3 is 2.66 bits per heavy atom. The topological polar surface area (TPSA) is 61.9 Å². The van der Waals surface area contributed by atoms with Crippen molar-refractivity contribution in [3.8, 4) is 16.9 Å². The highest BCUT2D eigenvalue weighted by Gasteiger charge is 2.34. The lowest BCUT2D eigenvalue weighted by atomic mass is 10.0. The first-order chi connectivity index (χ1) is 13.7. The summed E-state index contributed by atoms with van der Waals surface area (Å²) in [5.74, 6) is -0.904. The Labute approximate surface area is 166 Å². The van der Waals surface area contributed by atoms with Crippen LogP contribution in [0.5, 0.6) is 5.75 Å². The van der Waals surface area contributed by atoms with Gasteiger partial charge in [0.05, 0.1) is 23.7 Å². The quantitative estimate of drug-likeness (QED) is 0.813. The summed E-state index contributed by atoms with van der Waals surface area (Å²) in [5.41, 5.74) is 2.84. The van der Waals surface area contributed by atoms with E-state index >= 15 is 0 Å². The first-order valence-corrected chi connectivity index (χ1v) is 10.9. The first kappa shape index (κ1) is 19.8. The summed E-state index contributed by atoms with van der Waals surface area (Å²) in [6, 6.07) is 9.04. The van der Waals surface area contributed by atoms with Gasteiger partial charge in [-0.15, -0.1) is 0 Å². The van der Waals surface area contributed by atoms with E-state index in [4.69, 9.17) is 0 Å². The molecule has 10 heteroatoms. The fourth-order valence-corrected chi connectivity index (χ4v) is 4.71. The zero-order valence-corrected chi connectivity index (χ0v) is 16.4. The molecule has 6 nitrogen and oxygen atoms in total. The molecule has 0 bridgehead atoms. The van der Waals surface area contributed by atoms with Crippen LogP contribution in [-0.4, -0.2) is 57.8 Å². The van der Waals surface area contributed by atoms with Gasteiger partial charge >= 0.3 is 6.61 Å². The smallest absolute Gasteiger partial charge is 0.387 e. The third-order valence-electron chi connectivity index (χ3n) is 5.18. The summed E-state index contributed by atoms with van der Waals surface area (Å²) in [5, 5.41) is 3.30. The number of piperazine rings is 1. The van der Waals surface area contributed by atoms with Crippen molar-refractivity contribution >= 4 is 21.4 Å². The lowest BCUT2D eigenvalue weighted by molar-refractivity contribution is -0.0499. The fourth-order valence-electron chi connectivity index (χ4n) is 3.86. The summed E-state index contributed by atoms with van der Waals surface area (Å²) in [7, 11) is -3.24. The van der Waals surface area contributed by atoms with Gasteiger partial charge in [-0.1, -0.05) is 6.07 Å². The highest BCUT2D eigenvalue weighted by molar-refractivity contribution is 7.88. The minimum absolute atomic E-state index is 0.0111. The van der Waals surface area contributed by atoms with Gasteiger partial charge in [-0.25, -0.2) is 12.8 Å². The van der Waals surface area contributed by atoms with Gasteiger partial charge in [0.2, 0.25) is 10.0 Å². The summed E-state index contributed by atoms with van der Waals surface area (Å²) in [6.07, 6.45) is 1.21. The van der Waals surface area contributed by atoms with E-state index in [1.165, 1.54) is 22.7 Å². The van der Waals surface area contributed by atoms with Gasteiger partial charge in [-0.2, -0.15) is 13.1 Å². The molecule has 0 aliphatic carbocycles. The molecule has 29 heavy (non-hydrogen) atoms. The van der Waals surface area contributed by atoms with Gasteiger partial charge in [0, 0.05) is 32.2 Å². The van der Waals surface area contributed by atoms with Gasteiger partial charge in [-0.05, 0) is 35.4 Å². The van der Waals surface area contributed by atoms with E-state index in [2.05, 4.69) is 15.0 Å². The maximum atomic E-state index is 13.9. The molecular weight excluding hydrogens is 407 g/mol. The number of sulfonamides is 1. The normalized spacial score (nSPS) is 19.5. The molecule has 156 valence electrons. The Bertz CT molecular complexity index is 1030. The van der Waals surface area contributed by atoms with E-state index in [0.717, 1.165) is 17.4 Å². The van der Waals surface area contributed by atoms with Crippen LogP contribution < -0.4 is 15.0 Å². The van der Waals surface area contributed by atoms with E-state index in [1.807, 2.05) is 12.1 Å². The average Bonchev–Trinajstić information content (AvgIpc) is 2.65. The molecule has 0 amide bonds. The zero-order valence-electron chi connectivity index (χ0n) is 15.6. The number of halogens is 3. The predicted molar refractivity (Wildman–Crippen MR) is 105 cm³/mol. The number of fused-ring (bicyclic) bond motifs is 3. The van der Waals surface area contributed by atoms with Crippen LogP contribution >= 0.6 is 0 Å². The number of anilines is 2. The third kappa shape index (κ3) is 4.13. The van der Waals surface area contributed by atoms with Crippen molar-refractivity contribution in [3.63, 3.8) is 0 Å². The maximum absolute atomic E-state index is 13.9. The van der Waals surface area contributed by atoms with Crippen molar-refractivity contribution < 1.29 is 26.3 Å². The van der Waals surface area contributed by atoms with Crippen LogP contribution in [0.15, 0.2) is 36.4 Å². The molecule has 0 aromatic heterocycles. The molecule has 2 aromatic carbocycles. The second kappa shape index (κ2) is 7.42. The minimum Gasteiger partial charge on any atom is -0.435 e. The van der Waals surface area contributed by atoms with E-state index in [9.17, 15) is 21.6 Å². The van der Waals surface area contributed by atoms with Gasteiger partial charge in [0.1, 0.15) is 11.6 Å². The Hall–Kier alpha value is -2.46. The van der Waals surface area contributed by atoms with Crippen LogP contribution in [0.4, 0.5) is 24.5 Å². The van der Waals surface area contributed by atoms with Gasteiger partial charge < -0.3 is 15.0 Å². The predicted octanol–water partition coefficient (Wildman–Crippen LogP) is 2.97. The van der Waals surface area contributed by atoms with Gasteiger partial charge in [0.15, 0.2) is 0 Å². The fraction of sp³-hybridized carbons (Fsp3) is 0.368. The molecule has 1 saturated heterocycles. The van der Waals surface area contributed by atoms with E-state index in [-0.39, 0.29) is 11.8 Å². The molecule has 2 aromatic rings. The molecule has 0 spiro atoms. The van der Waals surface area contributed by atoms with E-state index in [0.29, 0.717) is 37.3 Å². The molecule has 2 aliphatic rings.